The van der Waals surface area contributed by atoms with Gasteiger partial charge in [-0.2, -0.15) is 0 Å². The number of nitrogens with two attached hydrogens (primary N) is 1. The van der Waals surface area contributed by atoms with Crippen molar-refractivity contribution in [1.82, 2.24) is 0 Å². The van der Waals surface area contributed by atoms with E-state index in [1.807, 2.05) is 0 Å². The fourth-order valence-corrected chi connectivity index (χ4v) is 1.01. The van der Waals surface area contributed by atoms with E-state index in [4.69, 9.17) is 19.7 Å². The summed E-state index contributed by atoms with van der Waals surface area (Å²) in [5.41, 5.74) is 5.54. The van der Waals surface area contributed by atoms with Crippen molar-refractivity contribution in [2.24, 2.45) is 11.7 Å². The molecule has 9 heavy (non-hydrogen) atoms. The lowest BCUT2D eigenvalue weighted by Crippen LogP contribution is -2.56. The molecule has 0 saturated carbocycles. The summed E-state index contributed by atoms with van der Waals surface area (Å²) in [6, 6.07) is 0. The van der Waals surface area contributed by atoms with E-state index in [9.17, 15) is 0 Å². The van der Waals surface area contributed by atoms with Crippen LogP contribution in [-0.4, -0.2) is 26.8 Å². The standard InChI is InChI=1S/C4H8BNO3/c6-4-3-1-7-5(9-4)8-2-3/h3-4H,1-2,6H2. The van der Waals surface area contributed by atoms with Crippen LogP contribution in [-0.2, 0) is 14.0 Å². The highest BCUT2D eigenvalue weighted by Crippen LogP contribution is 2.20. The minimum atomic E-state index is -0.495. The van der Waals surface area contributed by atoms with Crippen LogP contribution in [0.2, 0.25) is 0 Å². The van der Waals surface area contributed by atoms with Gasteiger partial charge in [0, 0.05) is 19.1 Å². The van der Waals surface area contributed by atoms with Crippen molar-refractivity contribution in [3.8, 4) is 0 Å². The van der Waals surface area contributed by atoms with Gasteiger partial charge in [0.05, 0.1) is 0 Å². The summed E-state index contributed by atoms with van der Waals surface area (Å²) in [7, 11) is -0.495. The van der Waals surface area contributed by atoms with Crippen molar-refractivity contribution < 1.29 is 14.0 Å². The van der Waals surface area contributed by atoms with Crippen LogP contribution in [0, 0.1) is 5.92 Å². The van der Waals surface area contributed by atoms with Gasteiger partial charge in [-0.15, -0.1) is 0 Å². The molecule has 2 bridgehead atoms. The maximum atomic E-state index is 5.54. The smallest absolute Gasteiger partial charge is 0.385 e. The number of fused-ring (bicyclic) bond motifs is 3. The van der Waals surface area contributed by atoms with E-state index in [0.29, 0.717) is 13.2 Å². The highest BCUT2D eigenvalue weighted by molar-refractivity contribution is 6.37. The summed E-state index contributed by atoms with van der Waals surface area (Å²) in [6.07, 6.45) is -0.183. The first-order chi connectivity index (χ1) is 4.36. The Morgan fingerprint density at radius 2 is 2.00 bits per heavy atom. The monoisotopic (exact) mass is 129 g/mol. The highest BCUT2D eigenvalue weighted by Gasteiger charge is 2.41. The molecule has 0 aromatic heterocycles. The lowest BCUT2D eigenvalue weighted by molar-refractivity contribution is -0.0966. The zero-order valence-corrected chi connectivity index (χ0v) is 4.95. The van der Waals surface area contributed by atoms with Gasteiger partial charge in [0.25, 0.3) is 0 Å². The van der Waals surface area contributed by atoms with Crippen molar-refractivity contribution in [1.29, 1.82) is 0 Å². The second kappa shape index (κ2) is 1.95. The van der Waals surface area contributed by atoms with E-state index in [0.717, 1.165) is 0 Å². The average molecular weight is 129 g/mol. The van der Waals surface area contributed by atoms with Crippen LogP contribution in [0.1, 0.15) is 0 Å². The predicted molar refractivity (Wildman–Crippen MR) is 30.2 cm³/mol. The fraction of sp³-hybridized carbons (Fsp3) is 1.00. The van der Waals surface area contributed by atoms with Gasteiger partial charge in [-0.25, -0.2) is 0 Å². The molecule has 0 aliphatic carbocycles. The van der Waals surface area contributed by atoms with Crippen LogP contribution < -0.4 is 5.73 Å². The van der Waals surface area contributed by atoms with Crippen LogP contribution in [0.5, 0.6) is 0 Å². The lowest BCUT2D eigenvalue weighted by Gasteiger charge is -2.37. The van der Waals surface area contributed by atoms with E-state index in [2.05, 4.69) is 0 Å². The Morgan fingerprint density at radius 3 is 2.22 bits per heavy atom. The second-order valence-corrected chi connectivity index (χ2v) is 2.32. The third-order valence-corrected chi connectivity index (χ3v) is 1.63. The normalized spacial score (nSPS) is 41.7. The summed E-state index contributed by atoms with van der Waals surface area (Å²) in [5, 5.41) is 0. The SMILES string of the molecule is NC1OB2OCC1CO2. The lowest BCUT2D eigenvalue weighted by atomic mass is 10.00. The molecule has 1 atom stereocenters. The van der Waals surface area contributed by atoms with Crippen LogP contribution in [0.25, 0.3) is 0 Å². The predicted octanol–water partition coefficient (Wildman–Crippen LogP) is -1.05. The zero-order chi connectivity index (χ0) is 6.27. The van der Waals surface area contributed by atoms with Crippen molar-refractivity contribution in [3.63, 3.8) is 0 Å². The second-order valence-electron chi connectivity index (χ2n) is 2.32. The molecule has 0 spiro atoms. The van der Waals surface area contributed by atoms with Crippen molar-refractivity contribution in [2.75, 3.05) is 13.2 Å². The van der Waals surface area contributed by atoms with E-state index in [1.165, 1.54) is 0 Å². The summed E-state index contributed by atoms with van der Waals surface area (Å²) >= 11 is 0. The molecule has 3 fully saturated rings. The highest BCUT2D eigenvalue weighted by atomic mass is 16.8. The number of rotatable bonds is 0. The van der Waals surface area contributed by atoms with Gasteiger partial charge in [0.1, 0.15) is 6.23 Å². The Kier molecular flexibility index (Phi) is 1.23. The third-order valence-electron chi connectivity index (χ3n) is 1.63. The molecule has 2 N–H and O–H groups in total. The quantitative estimate of drug-likeness (QED) is 0.424. The number of hydrogen-bond donors (Lipinski definition) is 1. The topological polar surface area (TPSA) is 53.7 Å². The molecule has 0 amide bonds. The van der Waals surface area contributed by atoms with Gasteiger partial charge in [-0.05, 0) is 0 Å². The first-order valence-electron chi connectivity index (χ1n) is 3.00. The summed E-state index contributed by atoms with van der Waals surface area (Å²) in [4.78, 5) is 0. The molecule has 3 saturated heterocycles. The minimum Gasteiger partial charge on any atom is -0.385 e. The summed E-state index contributed by atoms with van der Waals surface area (Å²) in [5.74, 6) is 0.231. The van der Waals surface area contributed by atoms with Gasteiger partial charge < -0.3 is 19.7 Å². The fourth-order valence-electron chi connectivity index (χ4n) is 1.01. The molecule has 0 radical (unpaired) electrons. The van der Waals surface area contributed by atoms with Crippen molar-refractivity contribution in [2.45, 2.75) is 6.23 Å². The van der Waals surface area contributed by atoms with Crippen molar-refractivity contribution in [3.05, 3.63) is 0 Å². The molecule has 3 aliphatic heterocycles. The first-order valence-corrected chi connectivity index (χ1v) is 3.00. The molecular weight excluding hydrogens is 121 g/mol. The third kappa shape index (κ3) is 0.860. The summed E-state index contributed by atoms with van der Waals surface area (Å²) < 4.78 is 15.1. The van der Waals surface area contributed by atoms with E-state index in [1.54, 1.807) is 0 Å². The molecule has 50 valence electrons. The van der Waals surface area contributed by atoms with Crippen LogP contribution in [0.3, 0.4) is 0 Å². The first kappa shape index (κ1) is 5.67. The van der Waals surface area contributed by atoms with Gasteiger partial charge >= 0.3 is 7.32 Å². The van der Waals surface area contributed by atoms with E-state index in [-0.39, 0.29) is 12.1 Å². The van der Waals surface area contributed by atoms with Crippen LogP contribution >= 0.6 is 0 Å². The Balaban J connectivity index is 2.06. The van der Waals surface area contributed by atoms with Gasteiger partial charge in [-0.1, -0.05) is 0 Å². The molecule has 3 rings (SSSR count). The minimum absolute atomic E-state index is 0.183. The molecule has 5 heteroatoms. The van der Waals surface area contributed by atoms with Crippen LogP contribution in [0.15, 0.2) is 0 Å². The molecule has 0 aromatic rings. The largest absolute Gasteiger partial charge is 0.640 e. The molecule has 0 aromatic carbocycles. The van der Waals surface area contributed by atoms with Crippen molar-refractivity contribution >= 4 is 7.32 Å². The Bertz CT molecular complexity index is 114. The molecular formula is C4H8BNO3. The summed E-state index contributed by atoms with van der Waals surface area (Å²) in [6.45, 7) is 1.34. The van der Waals surface area contributed by atoms with Gasteiger partial charge in [0.2, 0.25) is 0 Å². The van der Waals surface area contributed by atoms with Crippen LogP contribution in [0.4, 0.5) is 0 Å². The maximum Gasteiger partial charge on any atom is 0.640 e. The zero-order valence-electron chi connectivity index (χ0n) is 4.95. The van der Waals surface area contributed by atoms with Gasteiger partial charge in [-0.3, -0.25) is 0 Å². The average Bonchev–Trinajstić information content (AvgIpc) is 1.90. The Morgan fingerprint density at radius 1 is 1.33 bits per heavy atom. The number of hydrogen-bond acceptors (Lipinski definition) is 4. The maximum absolute atomic E-state index is 5.54. The Labute approximate surface area is 53.4 Å². The molecule has 3 aliphatic rings. The van der Waals surface area contributed by atoms with E-state index >= 15 is 0 Å². The van der Waals surface area contributed by atoms with Gasteiger partial charge in [0.15, 0.2) is 0 Å². The molecule has 3 heterocycles. The van der Waals surface area contributed by atoms with E-state index < -0.39 is 7.32 Å². The molecule has 4 nitrogen and oxygen atoms in total. The molecule has 1 unspecified atom stereocenters. The Hall–Kier alpha value is -0.0951.